The fourth-order valence-electron chi connectivity index (χ4n) is 5.23. The molecule has 0 atom stereocenters. The molecule has 0 fully saturated rings. The van der Waals surface area contributed by atoms with E-state index in [-0.39, 0.29) is 11.6 Å². The predicted octanol–water partition coefficient (Wildman–Crippen LogP) is 6.31. The number of carbonyl (C=O) groups excluding carboxylic acids is 2. The first kappa shape index (κ1) is 26.3. The van der Waals surface area contributed by atoms with Crippen molar-refractivity contribution < 1.29 is 9.59 Å². The van der Waals surface area contributed by atoms with Gasteiger partial charge in [0.15, 0.2) is 0 Å². The molecule has 2 amide bonds. The van der Waals surface area contributed by atoms with Crippen molar-refractivity contribution in [2.45, 2.75) is 33.4 Å². The summed E-state index contributed by atoms with van der Waals surface area (Å²) in [6.07, 6.45) is 2.41. The minimum atomic E-state index is -0.429. The lowest BCUT2D eigenvalue weighted by Crippen LogP contribution is -2.30. The number of fused-ring (bicyclic) bond motifs is 2. The number of rotatable bonds is 6. The van der Waals surface area contributed by atoms with E-state index in [1.165, 1.54) is 34.0 Å². The Bertz CT molecular complexity index is 1780. The monoisotopic (exact) mass is 541 g/mol. The molecule has 1 aromatic heterocycles. The maximum Gasteiger partial charge on any atom is 0.275 e. The summed E-state index contributed by atoms with van der Waals surface area (Å²) in [5.74, 6) is -0.727. The molecular formula is C34H31N5O2. The van der Waals surface area contributed by atoms with Gasteiger partial charge in [0.05, 0.1) is 28.5 Å². The molecule has 0 spiro atoms. The van der Waals surface area contributed by atoms with Crippen LogP contribution in [0.4, 0.5) is 11.4 Å². The molecule has 0 aliphatic carbocycles. The van der Waals surface area contributed by atoms with E-state index in [0.29, 0.717) is 22.3 Å². The molecule has 0 saturated carbocycles. The number of hydrogen-bond acceptors (Lipinski definition) is 5. The van der Waals surface area contributed by atoms with Crippen LogP contribution in [0.1, 0.15) is 48.7 Å². The Morgan fingerprint density at radius 1 is 0.805 bits per heavy atom. The lowest BCUT2D eigenvalue weighted by Gasteiger charge is -2.29. The third-order valence-electron chi connectivity index (χ3n) is 7.63. The first-order valence-corrected chi connectivity index (χ1v) is 13.8. The van der Waals surface area contributed by atoms with Gasteiger partial charge in [-0.2, -0.15) is 0 Å². The minimum Gasteiger partial charge on any atom is -0.322 e. The molecule has 1 aliphatic heterocycles. The highest BCUT2D eigenvalue weighted by molar-refractivity contribution is 6.12. The van der Waals surface area contributed by atoms with Crippen molar-refractivity contribution in [3.05, 3.63) is 130 Å². The summed E-state index contributed by atoms with van der Waals surface area (Å²) < 4.78 is 0. The summed E-state index contributed by atoms with van der Waals surface area (Å²) in [7, 11) is 0. The van der Waals surface area contributed by atoms with Gasteiger partial charge in [-0.25, -0.2) is 4.98 Å². The summed E-state index contributed by atoms with van der Waals surface area (Å²) in [5, 5.41) is 5.86. The van der Waals surface area contributed by atoms with Crippen molar-refractivity contribution in [3.63, 3.8) is 0 Å². The van der Waals surface area contributed by atoms with Crippen molar-refractivity contribution in [2.75, 3.05) is 17.2 Å². The van der Waals surface area contributed by atoms with Gasteiger partial charge in [-0.1, -0.05) is 48.5 Å². The van der Waals surface area contributed by atoms with E-state index in [4.69, 9.17) is 0 Å². The van der Waals surface area contributed by atoms with Gasteiger partial charge < -0.3 is 10.6 Å². The van der Waals surface area contributed by atoms with Gasteiger partial charge in [0, 0.05) is 25.3 Å². The van der Waals surface area contributed by atoms with Crippen LogP contribution < -0.4 is 10.6 Å². The van der Waals surface area contributed by atoms with E-state index in [2.05, 4.69) is 69.7 Å². The number of aromatic nitrogens is 2. The van der Waals surface area contributed by atoms with E-state index in [1.807, 2.05) is 30.3 Å². The first-order chi connectivity index (χ1) is 19.9. The standard InChI is InChI=1S/C34H31N5O2/c1-22-11-12-24(17-23(22)2)20-39-16-15-25-13-14-27(18-26(25)21-39)36-33(40)28-7-3-4-8-29(28)38-34(41)32-19-35-30-9-5-6-10-31(30)37-32/h3-14,17-19H,15-16,20-21H2,1-2H3,(H,36,40)(H,38,41). The predicted molar refractivity (Wildman–Crippen MR) is 162 cm³/mol. The highest BCUT2D eigenvalue weighted by Crippen LogP contribution is 2.26. The molecule has 5 aromatic rings. The van der Waals surface area contributed by atoms with Crippen molar-refractivity contribution in [1.29, 1.82) is 0 Å². The Morgan fingerprint density at radius 2 is 1.61 bits per heavy atom. The number of nitrogens with one attached hydrogen (secondary N) is 2. The maximum atomic E-state index is 13.4. The van der Waals surface area contributed by atoms with Gasteiger partial charge in [0.2, 0.25) is 0 Å². The van der Waals surface area contributed by atoms with E-state index >= 15 is 0 Å². The molecule has 0 unspecified atom stereocenters. The fraction of sp³-hybridized carbons (Fsp3) is 0.176. The highest BCUT2D eigenvalue weighted by Gasteiger charge is 2.19. The zero-order chi connectivity index (χ0) is 28.3. The fourth-order valence-corrected chi connectivity index (χ4v) is 5.23. The third-order valence-corrected chi connectivity index (χ3v) is 7.63. The highest BCUT2D eigenvalue weighted by atomic mass is 16.2. The molecule has 2 heterocycles. The van der Waals surface area contributed by atoms with Crippen molar-refractivity contribution in [1.82, 2.24) is 14.9 Å². The number of benzene rings is 4. The Balaban J connectivity index is 1.15. The number of amides is 2. The summed E-state index contributed by atoms with van der Waals surface area (Å²) in [4.78, 5) is 37.5. The van der Waals surface area contributed by atoms with Gasteiger partial charge in [0.1, 0.15) is 5.69 Å². The van der Waals surface area contributed by atoms with Crippen LogP contribution in [0.3, 0.4) is 0 Å². The number of aryl methyl sites for hydroxylation is 2. The summed E-state index contributed by atoms with van der Waals surface area (Å²) in [6.45, 7) is 7.01. The summed E-state index contributed by atoms with van der Waals surface area (Å²) in [5.41, 5.74) is 9.47. The van der Waals surface area contributed by atoms with Gasteiger partial charge in [-0.15, -0.1) is 0 Å². The molecule has 41 heavy (non-hydrogen) atoms. The zero-order valence-corrected chi connectivity index (χ0v) is 23.1. The minimum absolute atomic E-state index is 0.180. The second kappa shape index (κ2) is 11.3. The van der Waals surface area contributed by atoms with Crippen molar-refractivity contribution >= 4 is 34.2 Å². The molecule has 204 valence electrons. The maximum absolute atomic E-state index is 13.4. The molecule has 1 aliphatic rings. The van der Waals surface area contributed by atoms with Crippen LogP contribution in [-0.4, -0.2) is 33.2 Å². The molecule has 2 N–H and O–H groups in total. The number of carbonyl (C=O) groups is 2. The van der Waals surface area contributed by atoms with Crippen molar-refractivity contribution in [2.24, 2.45) is 0 Å². The topological polar surface area (TPSA) is 87.2 Å². The Labute approximate surface area is 239 Å². The van der Waals surface area contributed by atoms with Gasteiger partial charge in [-0.3, -0.25) is 19.5 Å². The van der Waals surface area contributed by atoms with E-state index in [9.17, 15) is 9.59 Å². The van der Waals surface area contributed by atoms with E-state index < -0.39 is 5.91 Å². The second-order valence-electron chi connectivity index (χ2n) is 10.6. The normalized spacial score (nSPS) is 13.0. The Hall–Kier alpha value is -4.88. The van der Waals surface area contributed by atoms with Gasteiger partial charge >= 0.3 is 0 Å². The summed E-state index contributed by atoms with van der Waals surface area (Å²) in [6, 6.07) is 27.1. The van der Waals surface area contributed by atoms with Crippen LogP contribution in [0.2, 0.25) is 0 Å². The molecule has 0 bridgehead atoms. The van der Waals surface area contributed by atoms with Crippen LogP contribution in [0, 0.1) is 13.8 Å². The Kier molecular flexibility index (Phi) is 7.27. The first-order valence-electron chi connectivity index (χ1n) is 13.8. The van der Waals surface area contributed by atoms with Gasteiger partial charge in [0.25, 0.3) is 11.8 Å². The molecule has 7 heteroatoms. The third kappa shape index (κ3) is 5.85. The van der Waals surface area contributed by atoms with E-state index in [0.717, 1.165) is 31.7 Å². The Morgan fingerprint density at radius 3 is 2.46 bits per heavy atom. The molecule has 7 nitrogen and oxygen atoms in total. The average molecular weight is 542 g/mol. The lowest BCUT2D eigenvalue weighted by molar-refractivity contribution is 0.102. The molecule has 6 rings (SSSR count). The average Bonchev–Trinajstić information content (AvgIpc) is 2.99. The molecule has 0 radical (unpaired) electrons. The molecule has 4 aromatic carbocycles. The number of nitrogens with zero attached hydrogens (tertiary/aromatic N) is 3. The summed E-state index contributed by atoms with van der Waals surface area (Å²) >= 11 is 0. The number of hydrogen-bond donors (Lipinski definition) is 2. The van der Waals surface area contributed by atoms with E-state index in [1.54, 1.807) is 24.3 Å². The quantitative estimate of drug-likeness (QED) is 0.263. The molecule has 0 saturated heterocycles. The smallest absolute Gasteiger partial charge is 0.275 e. The zero-order valence-electron chi connectivity index (χ0n) is 23.1. The number of anilines is 2. The second-order valence-corrected chi connectivity index (χ2v) is 10.6. The van der Waals surface area contributed by atoms with Crippen LogP contribution in [0.5, 0.6) is 0 Å². The van der Waals surface area contributed by atoms with Crippen LogP contribution >= 0.6 is 0 Å². The largest absolute Gasteiger partial charge is 0.322 e. The van der Waals surface area contributed by atoms with Crippen LogP contribution in [0.25, 0.3) is 11.0 Å². The van der Waals surface area contributed by atoms with Crippen LogP contribution in [-0.2, 0) is 19.5 Å². The number of para-hydroxylation sites is 3. The SMILES string of the molecule is Cc1ccc(CN2CCc3ccc(NC(=O)c4ccccc4NC(=O)c4cnc5ccccc5n4)cc3C2)cc1C. The van der Waals surface area contributed by atoms with Gasteiger partial charge in [-0.05, 0) is 84.5 Å². The van der Waals surface area contributed by atoms with Crippen molar-refractivity contribution in [3.8, 4) is 0 Å². The molecular weight excluding hydrogens is 510 g/mol. The van der Waals surface area contributed by atoms with Crippen LogP contribution in [0.15, 0.2) is 91.1 Å². The lowest BCUT2D eigenvalue weighted by atomic mass is 9.98.